The van der Waals surface area contributed by atoms with Gasteiger partial charge < -0.3 is 24.5 Å². The Bertz CT molecular complexity index is 784. The molecule has 0 atom stereocenters. The highest BCUT2D eigenvalue weighted by molar-refractivity contribution is 5.93. The first-order chi connectivity index (χ1) is 13.2. The first-order valence-corrected chi connectivity index (χ1v) is 9.19. The van der Waals surface area contributed by atoms with Crippen molar-refractivity contribution in [2.24, 2.45) is 0 Å². The fourth-order valence-electron chi connectivity index (χ4n) is 3.42. The van der Waals surface area contributed by atoms with Crippen LogP contribution in [0.1, 0.15) is 10.5 Å². The van der Waals surface area contributed by atoms with Crippen molar-refractivity contribution in [3.8, 4) is 5.75 Å². The Labute approximate surface area is 158 Å². The zero-order valence-electron chi connectivity index (χ0n) is 15.1. The lowest BCUT2D eigenvalue weighted by atomic mass is 10.2. The van der Waals surface area contributed by atoms with Gasteiger partial charge in [-0.1, -0.05) is 0 Å². The molecule has 1 aromatic heterocycles. The maximum absolute atomic E-state index is 12.9. The Hall–Kier alpha value is -2.87. The number of hydrogen-bond donors (Lipinski definition) is 1. The standard InChI is InChI=1S/C19H23N5O3/c25-16-3-1-15(2-4-16)22-5-7-24(8-6-22)19(26)17-13-18(21-14-20-17)23-9-11-27-12-10-23/h1-4,13-14,25H,5-12H2. The summed E-state index contributed by atoms with van der Waals surface area (Å²) >= 11 is 0. The number of piperazine rings is 1. The van der Waals surface area contributed by atoms with Crippen LogP contribution >= 0.6 is 0 Å². The second-order valence-corrected chi connectivity index (χ2v) is 6.66. The van der Waals surface area contributed by atoms with Crippen LogP contribution in [0.4, 0.5) is 11.5 Å². The molecule has 142 valence electrons. The number of hydrogen-bond acceptors (Lipinski definition) is 7. The van der Waals surface area contributed by atoms with Crippen molar-refractivity contribution in [3.63, 3.8) is 0 Å². The van der Waals surface area contributed by atoms with E-state index in [-0.39, 0.29) is 11.7 Å². The monoisotopic (exact) mass is 369 g/mol. The first-order valence-electron chi connectivity index (χ1n) is 9.19. The number of nitrogens with zero attached hydrogens (tertiary/aromatic N) is 5. The smallest absolute Gasteiger partial charge is 0.272 e. The topological polar surface area (TPSA) is 82.0 Å². The van der Waals surface area contributed by atoms with E-state index in [1.54, 1.807) is 18.2 Å². The van der Waals surface area contributed by atoms with Gasteiger partial charge in [0, 0.05) is 51.0 Å². The van der Waals surface area contributed by atoms with Crippen LogP contribution in [0.25, 0.3) is 0 Å². The predicted octanol–water partition coefficient (Wildman–Crippen LogP) is 0.981. The second-order valence-electron chi connectivity index (χ2n) is 6.66. The molecule has 2 fully saturated rings. The summed E-state index contributed by atoms with van der Waals surface area (Å²) in [5, 5.41) is 9.42. The van der Waals surface area contributed by atoms with E-state index in [1.807, 2.05) is 17.0 Å². The molecular weight excluding hydrogens is 346 g/mol. The lowest BCUT2D eigenvalue weighted by Crippen LogP contribution is -2.49. The van der Waals surface area contributed by atoms with Gasteiger partial charge in [0.05, 0.1) is 13.2 Å². The Morgan fingerprint density at radius 1 is 0.926 bits per heavy atom. The SMILES string of the molecule is O=C(c1cc(N2CCOCC2)ncn1)N1CCN(c2ccc(O)cc2)CC1. The van der Waals surface area contributed by atoms with E-state index in [0.717, 1.165) is 37.7 Å². The molecule has 1 N–H and O–H groups in total. The number of ether oxygens (including phenoxy) is 1. The van der Waals surface area contributed by atoms with Gasteiger partial charge in [-0.3, -0.25) is 4.79 Å². The molecule has 0 bridgehead atoms. The summed E-state index contributed by atoms with van der Waals surface area (Å²) < 4.78 is 5.37. The number of carbonyl (C=O) groups is 1. The molecule has 0 saturated carbocycles. The summed E-state index contributed by atoms with van der Waals surface area (Å²) in [6, 6.07) is 8.93. The van der Waals surface area contributed by atoms with E-state index in [2.05, 4.69) is 19.8 Å². The molecule has 2 saturated heterocycles. The summed E-state index contributed by atoms with van der Waals surface area (Å²) in [6.45, 7) is 5.66. The number of aromatic nitrogens is 2. The van der Waals surface area contributed by atoms with Gasteiger partial charge in [0.15, 0.2) is 0 Å². The molecule has 8 nitrogen and oxygen atoms in total. The molecule has 0 radical (unpaired) electrons. The van der Waals surface area contributed by atoms with Crippen LogP contribution in [-0.2, 0) is 4.74 Å². The highest BCUT2D eigenvalue weighted by atomic mass is 16.5. The van der Waals surface area contributed by atoms with Crippen molar-refractivity contribution < 1.29 is 14.6 Å². The second kappa shape index (κ2) is 7.79. The van der Waals surface area contributed by atoms with Gasteiger partial charge in [0.1, 0.15) is 23.6 Å². The maximum Gasteiger partial charge on any atom is 0.272 e. The summed E-state index contributed by atoms with van der Waals surface area (Å²) in [5.74, 6) is 0.976. The number of morpholine rings is 1. The molecular formula is C19H23N5O3. The molecule has 4 rings (SSSR count). The fourth-order valence-corrected chi connectivity index (χ4v) is 3.42. The van der Waals surface area contributed by atoms with Crippen LogP contribution in [0.5, 0.6) is 5.75 Å². The number of amides is 1. The minimum Gasteiger partial charge on any atom is -0.508 e. The maximum atomic E-state index is 12.9. The Morgan fingerprint density at radius 3 is 2.33 bits per heavy atom. The highest BCUT2D eigenvalue weighted by Gasteiger charge is 2.24. The summed E-state index contributed by atoms with van der Waals surface area (Å²) in [4.78, 5) is 27.5. The molecule has 1 aromatic carbocycles. The molecule has 3 heterocycles. The average Bonchev–Trinajstić information content (AvgIpc) is 2.75. The Kier molecular flexibility index (Phi) is 5.06. The van der Waals surface area contributed by atoms with E-state index < -0.39 is 0 Å². The van der Waals surface area contributed by atoms with Crippen LogP contribution in [-0.4, -0.2) is 78.4 Å². The van der Waals surface area contributed by atoms with Crippen LogP contribution < -0.4 is 9.80 Å². The van der Waals surface area contributed by atoms with Gasteiger partial charge in [-0.25, -0.2) is 9.97 Å². The van der Waals surface area contributed by atoms with Gasteiger partial charge in [0.25, 0.3) is 5.91 Å². The van der Waals surface area contributed by atoms with Gasteiger partial charge >= 0.3 is 0 Å². The predicted molar refractivity (Wildman–Crippen MR) is 101 cm³/mol. The van der Waals surface area contributed by atoms with Crippen molar-refractivity contribution >= 4 is 17.4 Å². The Morgan fingerprint density at radius 2 is 1.63 bits per heavy atom. The van der Waals surface area contributed by atoms with Crippen molar-refractivity contribution in [1.29, 1.82) is 0 Å². The Balaban J connectivity index is 1.39. The van der Waals surface area contributed by atoms with Crippen LogP contribution in [0.15, 0.2) is 36.7 Å². The largest absolute Gasteiger partial charge is 0.508 e. The number of aromatic hydroxyl groups is 1. The summed E-state index contributed by atoms with van der Waals surface area (Å²) in [7, 11) is 0. The average molecular weight is 369 g/mol. The molecule has 27 heavy (non-hydrogen) atoms. The summed E-state index contributed by atoms with van der Waals surface area (Å²) in [5.41, 5.74) is 1.49. The number of benzene rings is 1. The molecule has 0 aliphatic carbocycles. The van der Waals surface area contributed by atoms with Gasteiger partial charge in [0.2, 0.25) is 0 Å². The van der Waals surface area contributed by atoms with Crippen molar-refractivity contribution in [3.05, 3.63) is 42.4 Å². The third kappa shape index (κ3) is 3.95. The molecule has 1 amide bonds. The van der Waals surface area contributed by atoms with E-state index in [1.165, 1.54) is 6.33 Å². The van der Waals surface area contributed by atoms with E-state index in [0.29, 0.717) is 32.0 Å². The minimum atomic E-state index is -0.0581. The number of phenolic OH excluding ortho intramolecular Hbond substituents is 1. The third-order valence-corrected chi connectivity index (χ3v) is 4.99. The number of carbonyl (C=O) groups excluding carboxylic acids is 1. The molecule has 0 unspecified atom stereocenters. The molecule has 2 aliphatic rings. The van der Waals surface area contributed by atoms with Gasteiger partial charge in [-0.15, -0.1) is 0 Å². The third-order valence-electron chi connectivity index (χ3n) is 4.99. The van der Waals surface area contributed by atoms with Gasteiger partial charge in [-0.05, 0) is 24.3 Å². The molecule has 8 heteroatoms. The van der Waals surface area contributed by atoms with E-state index >= 15 is 0 Å². The number of phenols is 1. The number of rotatable bonds is 3. The first kappa shape index (κ1) is 17.5. The zero-order valence-corrected chi connectivity index (χ0v) is 15.1. The lowest BCUT2D eigenvalue weighted by Gasteiger charge is -2.36. The summed E-state index contributed by atoms with van der Waals surface area (Å²) in [6.07, 6.45) is 1.46. The number of anilines is 2. The fraction of sp³-hybridized carbons (Fsp3) is 0.421. The molecule has 2 aromatic rings. The lowest BCUT2D eigenvalue weighted by molar-refractivity contribution is 0.0740. The minimum absolute atomic E-state index is 0.0581. The molecule has 2 aliphatic heterocycles. The van der Waals surface area contributed by atoms with Crippen LogP contribution in [0, 0.1) is 0 Å². The zero-order chi connectivity index (χ0) is 18.6. The van der Waals surface area contributed by atoms with Crippen LogP contribution in [0.3, 0.4) is 0 Å². The van der Waals surface area contributed by atoms with E-state index in [4.69, 9.17) is 4.74 Å². The normalized spacial score (nSPS) is 17.9. The van der Waals surface area contributed by atoms with Crippen LogP contribution in [0.2, 0.25) is 0 Å². The van der Waals surface area contributed by atoms with E-state index in [9.17, 15) is 9.90 Å². The van der Waals surface area contributed by atoms with Gasteiger partial charge in [-0.2, -0.15) is 0 Å². The van der Waals surface area contributed by atoms with Crippen molar-refractivity contribution in [1.82, 2.24) is 14.9 Å². The van der Waals surface area contributed by atoms with Crippen molar-refractivity contribution in [2.75, 3.05) is 62.3 Å². The molecule has 0 spiro atoms. The highest BCUT2D eigenvalue weighted by Crippen LogP contribution is 2.21. The van der Waals surface area contributed by atoms with Crippen molar-refractivity contribution in [2.45, 2.75) is 0 Å². The quantitative estimate of drug-likeness (QED) is 0.864.